The first-order valence-electron chi connectivity index (χ1n) is 12.9. The molecule has 2 aliphatic carbocycles. The van der Waals surface area contributed by atoms with E-state index in [4.69, 9.17) is 0 Å². The number of halogens is 2. The van der Waals surface area contributed by atoms with Gasteiger partial charge in [-0.3, -0.25) is 0 Å². The minimum absolute atomic E-state index is 0.0893. The van der Waals surface area contributed by atoms with Crippen LogP contribution in [0.15, 0.2) is 70.1 Å². The van der Waals surface area contributed by atoms with Crippen molar-refractivity contribution in [2.45, 2.75) is 67.5 Å². The van der Waals surface area contributed by atoms with Crippen molar-refractivity contribution in [3.8, 4) is 11.5 Å². The molecule has 0 fully saturated rings. The molecule has 0 unspecified atom stereocenters. The largest absolute Gasteiger partial charge is 0.507 e. The summed E-state index contributed by atoms with van der Waals surface area (Å²) in [5.41, 5.74) is 4.94. The molecular weight excluding hydrogens is 482 g/mol. The van der Waals surface area contributed by atoms with Gasteiger partial charge in [-0.1, -0.05) is 77.2 Å². The maximum absolute atomic E-state index is 14.2. The second-order valence-electron chi connectivity index (χ2n) is 12.8. The predicted molar refractivity (Wildman–Crippen MR) is 152 cm³/mol. The van der Waals surface area contributed by atoms with E-state index in [2.05, 4.69) is 66.8 Å². The first-order chi connectivity index (χ1) is 17.0. The third-order valence-electron chi connectivity index (χ3n) is 7.58. The van der Waals surface area contributed by atoms with Crippen LogP contribution in [-0.4, -0.2) is 18.3 Å². The van der Waals surface area contributed by atoms with E-state index < -0.39 is 8.07 Å². The van der Waals surface area contributed by atoms with Gasteiger partial charge in [-0.2, -0.15) is 0 Å². The summed E-state index contributed by atoms with van der Waals surface area (Å²) in [4.78, 5) is 0. The molecule has 0 bridgehead atoms. The molecule has 196 valence electrons. The summed E-state index contributed by atoms with van der Waals surface area (Å²) in [6.45, 7) is 17.7. The molecule has 2 aromatic rings. The number of phenols is 2. The van der Waals surface area contributed by atoms with Gasteiger partial charge >= 0.3 is 0 Å². The summed E-state index contributed by atoms with van der Waals surface area (Å²) in [6, 6.07) is 8.28. The molecule has 0 saturated carbocycles. The highest BCUT2D eigenvalue weighted by molar-refractivity contribution is 6.92. The Kier molecular flexibility index (Phi) is 6.69. The summed E-state index contributed by atoms with van der Waals surface area (Å²) >= 11 is 0. The maximum atomic E-state index is 14.2. The molecule has 2 aromatic carbocycles. The van der Waals surface area contributed by atoms with Gasteiger partial charge in [-0.25, -0.2) is 8.78 Å². The van der Waals surface area contributed by atoms with Crippen LogP contribution < -0.4 is 0 Å². The highest BCUT2D eigenvalue weighted by atomic mass is 28.3. The molecule has 0 atom stereocenters. The Hall–Kier alpha value is -2.92. The molecule has 0 spiro atoms. The normalized spacial score (nSPS) is 17.0. The number of rotatable bonds is 4. The minimum atomic E-state index is -2.34. The lowest BCUT2D eigenvalue weighted by molar-refractivity contribution is 0.470. The van der Waals surface area contributed by atoms with Crippen molar-refractivity contribution in [1.29, 1.82) is 0 Å². The molecule has 0 radical (unpaired) electrons. The van der Waals surface area contributed by atoms with Crippen LogP contribution >= 0.6 is 0 Å². The molecule has 37 heavy (non-hydrogen) atoms. The Morgan fingerprint density at radius 2 is 1.00 bits per heavy atom. The molecule has 2 N–H and O–H groups in total. The fourth-order valence-electron chi connectivity index (χ4n) is 6.12. The van der Waals surface area contributed by atoms with Crippen molar-refractivity contribution >= 4 is 19.2 Å². The van der Waals surface area contributed by atoms with Crippen molar-refractivity contribution in [2.24, 2.45) is 10.8 Å². The SMILES string of the molecule is CC(C)(C)C1=C(c2cc(F)ccc2O)CC=C1[Si](C)(C)C1=CCC(c2cc(F)ccc2O)=C1C(C)(C)C. The molecule has 0 aliphatic heterocycles. The maximum Gasteiger partial charge on any atom is 0.124 e. The second-order valence-corrected chi connectivity index (χ2v) is 17.1. The van der Waals surface area contributed by atoms with E-state index in [1.165, 1.54) is 57.9 Å². The van der Waals surface area contributed by atoms with E-state index in [1.807, 2.05) is 0 Å². The predicted octanol–water partition coefficient (Wildman–Crippen LogP) is 9.12. The number of hydrogen-bond donors (Lipinski definition) is 2. The smallest absolute Gasteiger partial charge is 0.124 e. The van der Waals surface area contributed by atoms with Crippen molar-refractivity contribution in [3.05, 3.63) is 92.9 Å². The van der Waals surface area contributed by atoms with E-state index in [-0.39, 0.29) is 34.0 Å². The van der Waals surface area contributed by atoms with Crippen LogP contribution in [0.4, 0.5) is 8.78 Å². The van der Waals surface area contributed by atoms with Crippen molar-refractivity contribution in [1.82, 2.24) is 0 Å². The second kappa shape index (κ2) is 9.12. The van der Waals surface area contributed by atoms with Gasteiger partial charge in [-0.15, -0.1) is 0 Å². The van der Waals surface area contributed by atoms with Gasteiger partial charge in [0, 0.05) is 11.1 Å². The number of allylic oxidation sites excluding steroid dienone is 8. The van der Waals surface area contributed by atoms with Gasteiger partial charge < -0.3 is 10.2 Å². The van der Waals surface area contributed by atoms with Gasteiger partial charge in [0.2, 0.25) is 0 Å². The molecule has 2 aliphatic rings. The van der Waals surface area contributed by atoms with Crippen LogP contribution in [0.25, 0.3) is 11.1 Å². The van der Waals surface area contributed by atoms with Crippen LogP contribution in [0, 0.1) is 22.5 Å². The van der Waals surface area contributed by atoms with E-state index in [9.17, 15) is 19.0 Å². The fraction of sp³-hybridized carbons (Fsp3) is 0.375. The average Bonchev–Trinajstić information content (AvgIpc) is 3.42. The van der Waals surface area contributed by atoms with E-state index >= 15 is 0 Å². The highest BCUT2D eigenvalue weighted by Gasteiger charge is 2.44. The lowest BCUT2D eigenvalue weighted by Gasteiger charge is -2.38. The topological polar surface area (TPSA) is 40.5 Å². The number of hydrogen-bond acceptors (Lipinski definition) is 2. The summed E-state index contributed by atoms with van der Waals surface area (Å²) in [7, 11) is -2.34. The quantitative estimate of drug-likeness (QED) is 0.395. The fourth-order valence-corrected chi connectivity index (χ4v) is 9.94. The molecule has 0 saturated heterocycles. The minimum Gasteiger partial charge on any atom is -0.507 e. The van der Waals surface area contributed by atoms with Crippen LogP contribution in [0.3, 0.4) is 0 Å². The van der Waals surface area contributed by atoms with Crippen LogP contribution in [0.1, 0.15) is 65.5 Å². The average molecular weight is 521 g/mol. The Bertz CT molecular complexity index is 1290. The monoisotopic (exact) mass is 520 g/mol. The van der Waals surface area contributed by atoms with Gasteiger partial charge in [-0.05, 0) is 82.4 Å². The number of aromatic hydroxyl groups is 2. The Morgan fingerprint density at radius 1 is 0.649 bits per heavy atom. The first kappa shape index (κ1) is 27.1. The zero-order valence-electron chi connectivity index (χ0n) is 23.2. The van der Waals surface area contributed by atoms with Crippen molar-refractivity contribution in [3.63, 3.8) is 0 Å². The Balaban J connectivity index is 1.91. The van der Waals surface area contributed by atoms with Gasteiger partial charge in [0.25, 0.3) is 0 Å². The number of phenolic OH excluding ortho intramolecular Hbond substituents is 2. The number of benzene rings is 2. The third kappa shape index (κ3) is 4.86. The van der Waals surface area contributed by atoms with Crippen molar-refractivity contribution in [2.75, 3.05) is 0 Å². The van der Waals surface area contributed by atoms with Gasteiger partial charge in [0.15, 0.2) is 0 Å². The molecule has 4 rings (SSSR count). The first-order valence-corrected chi connectivity index (χ1v) is 15.9. The van der Waals surface area contributed by atoms with E-state index in [0.717, 1.165) is 11.1 Å². The van der Waals surface area contributed by atoms with E-state index in [0.29, 0.717) is 24.0 Å². The summed E-state index contributed by atoms with van der Waals surface area (Å²) in [5, 5.41) is 23.9. The Morgan fingerprint density at radius 3 is 1.32 bits per heavy atom. The van der Waals surface area contributed by atoms with Crippen molar-refractivity contribution < 1.29 is 19.0 Å². The van der Waals surface area contributed by atoms with Crippen LogP contribution in [-0.2, 0) is 0 Å². The lowest BCUT2D eigenvalue weighted by atomic mass is 9.82. The molecule has 5 heteroatoms. The molecule has 0 aromatic heterocycles. The molecular formula is C32H38F2O2Si. The van der Waals surface area contributed by atoms with Gasteiger partial charge in [0.1, 0.15) is 31.2 Å². The third-order valence-corrected chi connectivity index (χ3v) is 11.2. The summed E-state index contributed by atoms with van der Waals surface area (Å²) in [6.07, 6.45) is 5.81. The van der Waals surface area contributed by atoms with Gasteiger partial charge in [0.05, 0.1) is 0 Å². The zero-order chi connectivity index (χ0) is 27.5. The molecule has 2 nitrogen and oxygen atoms in total. The highest BCUT2D eigenvalue weighted by Crippen LogP contribution is 2.54. The van der Waals surface area contributed by atoms with Crippen LogP contribution in [0.5, 0.6) is 11.5 Å². The molecule has 0 heterocycles. The molecule has 0 amide bonds. The van der Waals surface area contributed by atoms with Crippen LogP contribution in [0.2, 0.25) is 13.1 Å². The standard InChI is InChI=1S/C32H38F2O2Si/c1-31(2,3)29-21(23-17-19(33)9-13-25(23)35)11-15-27(29)37(7,8)28-16-12-22(30(28)32(4,5)6)24-18-20(34)10-14-26(24)36/h9-10,13-18,35-36H,11-12H2,1-8H3. The zero-order valence-corrected chi connectivity index (χ0v) is 24.2. The lowest BCUT2D eigenvalue weighted by Crippen LogP contribution is -2.37. The summed E-state index contributed by atoms with van der Waals surface area (Å²) < 4.78 is 28.5. The Labute approximate surface area is 220 Å². The van der Waals surface area contributed by atoms with E-state index in [1.54, 1.807) is 0 Å². The summed E-state index contributed by atoms with van der Waals surface area (Å²) in [5.74, 6) is -0.554.